The van der Waals surface area contributed by atoms with Crippen molar-refractivity contribution in [2.24, 2.45) is 5.92 Å². The quantitative estimate of drug-likeness (QED) is 0.585. The van der Waals surface area contributed by atoms with Crippen LogP contribution in [0.3, 0.4) is 0 Å². The van der Waals surface area contributed by atoms with Gasteiger partial charge in [0.2, 0.25) is 0 Å². The number of rotatable bonds is 3. The van der Waals surface area contributed by atoms with Gasteiger partial charge in [0, 0.05) is 0 Å². The molecule has 66 valence electrons. The van der Waals surface area contributed by atoms with E-state index in [2.05, 4.69) is 6.26 Å². The Morgan fingerprint density at radius 1 is 1.09 bits per heavy atom. The van der Waals surface area contributed by atoms with Crippen LogP contribution in [-0.2, 0) is 0 Å². The number of hydrogen-bond acceptors (Lipinski definition) is 1. The Hall–Kier alpha value is 0.350. The molecule has 0 aromatic heterocycles. The monoisotopic (exact) mass is 172 g/mol. The van der Waals surface area contributed by atoms with Crippen molar-refractivity contribution in [2.75, 3.05) is 12.0 Å². The van der Waals surface area contributed by atoms with Crippen LogP contribution >= 0.6 is 11.8 Å². The van der Waals surface area contributed by atoms with Gasteiger partial charge in [-0.15, -0.1) is 0 Å². The SMILES string of the molecule is CSCCC1CCCCCC1. The third kappa shape index (κ3) is 4.05. The van der Waals surface area contributed by atoms with Crippen LogP contribution in [0.15, 0.2) is 0 Å². The van der Waals surface area contributed by atoms with Crippen molar-refractivity contribution in [3.63, 3.8) is 0 Å². The fourth-order valence-electron chi connectivity index (χ4n) is 1.94. The van der Waals surface area contributed by atoms with Crippen LogP contribution in [0, 0.1) is 5.92 Å². The van der Waals surface area contributed by atoms with Gasteiger partial charge in [0.1, 0.15) is 0 Å². The molecule has 11 heavy (non-hydrogen) atoms. The molecule has 0 bridgehead atoms. The van der Waals surface area contributed by atoms with Crippen molar-refractivity contribution in [1.29, 1.82) is 0 Å². The largest absolute Gasteiger partial charge is 0.165 e. The van der Waals surface area contributed by atoms with E-state index in [0.717, 1.165) is 5.92 Å². The molecule has 0 nitrogen and oxygen atoms in total. The Kier molecular flexibility index (Phi) is 5.09. The summed E-state index contributed by atoms with van der Waals surface area (Å²) in [5, 5.41) is 0. The summed E-state index contributed by atoms with van der Waals surface area (Å²) in [6.07, 6.45) is 12.7. The van der Waals surface area contributed by atoms with E-state index in [-0.39, 0.29) is 0 Å². The van der Waals surface area contributed by atoms with Crippen LogP contribution in [0.25, 0.3) is 0 Å². The molecule has 0 amide bonds. The average molecular weight is 172 g/mol. The first kappa shape index (κ1) is 9.44. The first-order chi connectivity index (χ1) is 5.43. The van der Waals surface area contributed by atoms with Gasteiger partial charge in [-0.05, 0) is 24.3 Å². The van der Waals surface area contributed by atoms with Crippen molar-refractivity contribution >= 4 is 11.8 Å². The summed E-state index contributed by atoms with van der Waals surface area (Å²) in [5.74, 6) is 2.45. The van der Waals surface area contributed by atoms with Gasteiger partial charge in [-0.3, -0.25) is 0 Å². The van der Waals surface area contributed by atoms with E-state index < -0.39 is 0 Å². The van der Waals surface area contributed by atoms with Gasteiger partial charge in [-0.1, -0.05) is 38.5 Å². The predicted molar refractivity (Wildman–Crippen MR) is 54.2 cm³/mol. The molecule has 0 aromatic rings. The summed E-state index contributed by atoms with van der Waals surface area (Å²) in [7, 11) is 0. The third-order valence-corrected chi connectivity index (χ3v) is 3.35. The Morgan fingerprint density at radius 3 is 2.27 bits per heavy atom. The summed E-state index contributed by atoms with van der Waals surface area (Å²) in [6, 6.07) is 0. The Labute approximate surface area is 75.1 Å². The molecular formula is C10H20S. The minimum absolute atomic E-state index is 1.07. The minimum Gasteiger partial charge on any atom is -0.165 e. The molecule has 0 aliphatic heterocycles. The molecule has 1 aliphatic rings. The molecule has 1 heteroatoms. The van der Waals surface area contributed by atoms with Gasteiger partial charge < -0.3 is 0 Å². The zero-order valence-electron chi connectivity index (χ0n) is 7.64. The van der Waals surface area contributed by atoms with Gasteiger partial charge in [-0.25, -0.2) is 0 Å². The lowest BCUT2D eigenvalue weighted by atomic mass is 9.98. The van der Waals surface area contributed by atoms with Gasteiger partial charge in [0.05, 0.1) is 0 Å². The highest BCUT2D eigenvalue weighted by Crippen LogP contribution is 2.25. The summed E-state index contributed by atoms with van der Waals surface area (Å²) < 4.78 is 0. The number of hydrogen-bond donors (Lipinski definition) is 0. The van der Waals surface area contributed by atoms with E-state index in [0.29, 0.717) is 0 Å². The second-order valence-electron chi connectivity index (χ2n) is 3.64. The lowest BCUT2D eigenvalue weighted by Crippen LogP contribution is -1.99. The molecule has 1 aliphatic carbocycles. The molecule has 0 radical (unpaired) electrons. The van der Waals surface area contributed by atoms with Gasteiger partial charge in [0.25, 0.3) is 0 Å². The standard InChI is InChI=1S/C10H20S/c1-11-9-8-10-6-4-2-3-5-7-10/h10H,2-9H2,1H3. The van der Waals surface area contributed by atoms with E-state index in [4.69, 9.17) is 0 Å². The molecule has 0 N–H and O–H groups in total. The molecule has 0 saturated heterocycles. The smallest absolute Gasteiger partial charge is 0.00677 e. The van der Waals surface area contributed by atoms with Crippen LogP contribution in [0.5, 0.6) is 0 Å². The Bertz CT molecular complexity index is 82.9. The molecule has 1 fully saturated rings. The highest BCUT2D eigenvalue weighted by Gasteiger charge is 2.10. The van der Waals surface area contributed by atoms with Gasteiger partial charge in [-0.2, -0.15) is 11.8 Å². The van der Waals surface area contributed by atoms with Crippen molar-refractivity contribution < 1.29 is 0 Å². The van der Waals surface area contributed by atoms with Crippen LogP contribution in [-0.4, -0.2) is 12.0 Å². The fraction of sp³-hybridized carbons (Fsp3) is 1.00. The Morgan fingerprint density at radius 2 is 1.73 bits per heavy atom. The zero-order valence-corrected chi connectivity index (χ0v) is 8.46. The van der Waals surface area contributed by atoms with Crippen molar-refractivity contribution in [2.45, 2.75) is 44.9 Å². The third-order valence-electron chi connectivity index (χ3n) is 2.70. The molecule has 0 heterocycles. The summed E-state index contributed by atoms with van der Waals surface area (Å²) in [4.78, 5) is 0. The zero-order chi connectivity index (χ0) is 7.94. The van der Waals surface area contributed by atoms with Crippen molar-refractivity contribution in [3.8, 4) is 0 Å². The Balaban J connectivity index is 2.09. The second kappa shape index (κ2) is 5.93. The van der Waals surface area contributed by atoms with Crippen molar-refractivity contribution in [3.05, 3.63) is 0 Å². The van der Waals surface area contributed by atoms with Crippen LogP contribution in [0.2, 0.25) is 0 Å². The highest BCUT2D eigenvalue weighted by atomic mass is 32.2. The van der Waals surface area contributed by atoms with E-state index in [1.165, 1.54) is 50.7 Å². The molecule has 0 spiro atoms. The molecule has 1 saturated carbocycles. The maximum atomic E-state index is 2.22. The maximum absolute atomic E-state index is 2.22. The van der Waals surface area contributed by atoms with Crippen LogP contribution in [0.1, 0.15) is 44.9 Å². The molecular weight excluding hydrogens is 152 g/mol. The van der Waals surface area contributed by atoms with Crippen molar-refractivity contribution in [1.82, 2.24) is 0 Å². The summed E-state index contributed by atoms with van der Waals surface area (Å²) in [6.45, 7) is 0. The van der Waals surface area contributed by atoms with Gasteiger partial charge >= 0.3 is 0 Å². The van der Waals surface area contributed by atoms with Crippen LogP contribution in [0.4, 0.5) is 0 Å². The summed E-state index contributed by atoms with van der Waals surface area (Å²) in [5.41, 5.74) is 0. The maximum Gasteiger partial charge on any atom is -0.00677 e. The molecule has 0 unspecified atom stereocenters. The summed E-state index contributed by atoms with van der Waals surface area (Å²) >= 11 is 2.00. The van der Waals surface area contributed by atoms with Crippen LogP contribution < -0.4 is 0 Å². The molecule has 1 rings (SSSR count). The molecule has 0 aromatic carbocycles. The van der Waals surface area contributed by atoms with E-state index in [1.54, 1.807) is 0 Å². The minimum atomic E-state index is 1.07. The van der Waals surface area contributed by atoms with E-state index >= 15 is 0 Å². The topological polar surface area (TPSA) is 0 Å². The first-order valence-corrected chi connectivity index (χ1v) is 6.32. The normalized spacial score (nSPS) is 21.5. The van der Waals surface area contributed by atoms with Gasteiger partial charge in [0.15, 0.2) is 0 Å². The fourth-order valence-corrected chi connectivity index (χ4v) is 2.51. The second-order valence-corrected chi connectivity index (χ2v) is 4.62. The van der Waals surface area contributed by atoms with E-state index in [1.807, 2.05) is 11.8 Å². The van der Waals surface area contributed by atoms with E-state index in [9.17, 15) is 0 Å². The first-order valence-electron chi connectivity index (χ1n) is 4.92. The average Bonchev–Trinajstić information content (AvgIpc) is 2.28. The highest BCUT2D eigenvalue weighted by molar-refractivity contribution is 7.98. The molecule has 0 atom stereocenters. The lowest BCUT2D eigenvalue weighted by molar-refractivity contribution is 0.450. The predicted octanol–water partition coefficient (Wildman–Crippen LogP) is 3.71. The lowest BCUT2D eigenvalue weighted by Gasteiger charge is -2.11. The number of thioether (sulfide) groups is 1.